The molecule has 0 atom stereocenters. The minimum Gasteiger partial charge on any atom is -0.469 e. The molecule has 0 fully saturated rings. The van der Waals surface area contributed by atoms with E-state index in [2.05, 4.69) is 30.4 Å². The van der Waals surface area contributed by atoms with Crippen LogP contribution < -0.4 is 4.74 Å². The van der Waals surface area contributed by atoms with Crippen molar-refractivity contribution in [1.82, 2.24) is 4.98 Å². The molecule has 0 amide bonds. The molecule has 0 aliphatic rings. The van der Waals surface area contributed by atoms with Crippen molar-refractivity contribution in [2.45, 2.75) is 24.3 Å². The third kappa shape index (κ3) is 4.75. The van der Waals surface area contributed by atoms with Gasteiger partial charge in [0.05, 0.1) is 13.5 Å². The number of halogens is 7. The summed E-state index contributed by atoms with van der Waals surface area (Å²) in [6.45, 7) is 0. The largest absolute Gasteiger partial charge is 0.574 e. The van der Waals surface area contributed by atoms with Crippen LogP contribution in [-0.4, -0.2) is 24.4 Å². The second-order valence-electron chi connectivity index (χ2n) is 3.87. The van der Waals surface area contributed by atoms with E-state index in [1.54, 1.807) is 0 Å². The summed E-state index contributed by atoms with van der Waals surface area (Å²) >= 11 is 2.76. The second-order valence-corrected chi connectivity index (χ2v) is 4.43. The number of rotatable bonds is 4. The van der Waals surface area contributed by atoms with Gasteiger partial charge >= 0.3 is 18.5 Å². The van der Waals surface area contributed by atoms with Crippen LogP contribution in [0.5, 0.6) is 5.88 Å². The van der Waals surface area contributed by atoms with Crippen LogP contribution in [0.4, 0.5) is 26.3 Å². The molecule has 0 saturated carbocycles. The van der Waals surface area contributed by atoms with E-state index >= 15 is 0 Å². The Hall–Kier alpha value is -1.52. The first-order chi connectivity index (χ1) is 9.99. The van der Waals surface area contributed by atoms with Gasteiger partial charge in [0.15, 0.2) is 0 Å². The highest BCUT2D eigenvalue weighted by molar-refractivity contribution is 9.08. The molecule has 0 N–H and O–H groups in total. The fraction of sp³-hybridized carbons (Fsp3) is 0.455. The lowest BCUT2D eigenvalue weighted by atomic mass is 10.0. The topological polar surface area (TPSA) is 48.4 Å². The molecule has 0 saturated heterocycles. The number of alkyl halides is 7. The van der Waals surface area contributed by atoms with E-state index in [4.69, 9.17) is 0 Å². The molecular weight excluding hydrogens is 388 g/mol. The predicted octanol–water partition coefficient (Wildman–Crippen LogP) is 3.61. The Kier molecular flexibility index (Phi) is 5.65. The van der Waals surface area contributed by atoms with Gasteiger partial charge in [0.2, 0.25) is 5.88 Å². The van der Waals surface area contributed by atoms with Gasteiger partial charge in [-0.15, -0.1) is 13.2 Å². The van der Waals surface area contributed by atoms with Gasteiger partial charge in [-0.25, -0.2) is 4.98 Å². The van der Waals surface area contributed by atoms with E-state index in [1.165, 1.54) is 0 Å². The quantitative estimate of drug-likeness (QED) is 0.444. The number of hydrogen-bond acceptors (Lipinski definition) is 4. The van der Waals surface area contributed by atoms with Crippen molar-refractivity contribution in [3.05, 3.63) is 22.9 Å². The number of ether oxygens (including phenoxy) is 2. The summed E-state index contributed by atoms with van der Waals surface area (Å²) in [5, 5.41) is -0.453. The number of carbonyl (C=O) groups excluding carboxylic acids is 1. The Morgan fingerprint density at radius 2 is 1.86 bits per heavy atom. The predicted molar refractivity (Wildman–Crippen MR) is 64.3 cm³/mol. The standard InChI is InChI=1S/C11H8BrF6NO3/c1-21-7(20)2-5-4-19-9(22-11(16,17)18)8(6(5)3-12)10(13,14)15/h4H,2-3H2,1H3. The number of methoxy groups -OCH3 is 1. The molecule has 1 aromatic rings. The highest BCUT2D eigenvalue weighted by Gasteiger charge is 2.43. The summed E-state index contributed by atoms with van der Waals surface area (Å²) in [6.07, 6.45) is -10.3. The lowest BCUT2D eigenvalue weighted by Crippen LogP contribution is -2.23. The van der Waals surface area contributed by atoms with Gasteiger partial charge in [0, 0.05) is 11.5 Å². The fourth-order valence-corrected chi connectivity index (χ4v) is 2.22. The van der Waals surface area contributed by atoms with Gasteiger partial charge in [-0.05, 0) is 11.1 Å². The summed E-state index contributed by atoms with van der Waals surface area (Å²) in [5.41, 5.74) is -2.49. The van der Waals surface area contributed by atoms with Crippen LogP contribution in [0, 0.1) is 0 Å². The molecule has 0 radical (unpaired) electrons. The molecule has 11 heteroatoms. The van der Waals surface area contributed by atoms with Crippen LogP contribution in [0.3, 0.4) is 0 Å². The van der Waals surface area contributed by atoms with Crippen molar-refractivity contribution >= 4 is 21.9 Å². The van der Waals surface area contributed by atoms with E-state index in [0.717, 1.165) is 7.11 Å². The number of esters is 1. The average molecular weight is 396 g/mol. The summed E-state index contributed by atoms with van der Waals surface area (Å²) in [5.74, 6) is -2.48. The molecule has 0 bridgehead atoms. The summed E-state index contributed by atoms with van der Waals surface area (Å²) in [7, 11) is 1.02. The first kappa shape index (κ1) is 18.5. The Labute approximate surface area is 128 Å². The molecule has 0 unspecified atom stereocenters. The first-order valence-corrected chi connectivity index (χ1v) is 6.58. The minimum absolute atomic E-state index is 0.217. The Morgan fingerprint density at radius 3 is 2.27 bits per heavy atom. The van der Waals surface area contributed by atoms with Gasteiger partial charge in [-0.2, -0.15) is 13.2 Å². The lowest BCUT2D eigenvalue weighted by Gasteiger charge is -2.19. The first-order valence-electron chi connectivity index (χ1n) is 5.46. The lowest BCUT2D eigenvalue weighted by molar-refractivity contribution is -0.278. The molecule has 0 spiro atoms. The summed E-state index contributed by atoms with van der Waals surface area (Å²) in [6, 6.07) is 0. The molecule has 1 rings (SSSR count). The van der Waals surface area contributed by atoms with Crippen LogP contribution in [0.1, 0.15) is 16.7 Å². The number of carbonyl (C=O) groups is 1. The van der Waals surface area contributed by atoms with Crippen LogP contribution >= 0.6 is 15.9 Å². The van der Waals surface area contributed by atoms with E-state index in [9.17, 15) is 31.1 Å². The Bertz CT molecular complexity index is 558. The van der Waals surface area contributed by atoms with Crippen molar-refractivity contribution in [1.29, 1.82) is 0 Å². The Morgan fingerprint density at radius 1 is 1.27 bits per heavy atom. The maximum Gasteiger partial charge on any atom is 0.574 e. The van der Waals surface area contributed by atoms with Crippen LogP contribution in [-0.2, 0) is 27.5 Å². The second kappa shape index (κ2) is 6.71. The number of pyridine rings is 1. The smallest absolute Gasteiger partial charge is 0.469 e. The SMILES string of the molecule is COC(=O)Cc1cnc(OC(F)(F)F)c(C(F)(F)F)c1CBr. The molecule has 0 aliphatic heterocycles. The van der Waals surface area contributed by atoms with Crippen molar-refractivity contribution < 1.29 is 40.6 Å². The van der Waals surface area contributed by atoms with Crippen molar-refractivity contribution in [3.8, 4) is 5.88 Å². The molecule has 4 nitrogen and oxygen atoms in total. The third-order valence-electron chi connectivity index (χ3n) is 2.43. The zero-order valence-corrected chi connectivity index (χ0v) is 12.4. The minimum atomic E-state index is -5.33. The highest BCUT2D eigenvalue weighted by atomic mass is 79.9. The molecule has 124 valence electrons. The molecule has 0 aromatic carbocycles. The van der Waals surface area contributed by atoms with Crippen LogP contribution in [0.15, 0.2) is 6.20 Å². The molecule has 1 heterocycles. The number of aromatic nitrogens is 1. The van der Waals surface area contributed by atoms with Crippen molar-refractivity contribution in [2.24, 2.45) is 0 Å². The van der Waals surface area contributed by atoms with E-state index in [1.807, 2.05) is 0 Å². The summed E-state index contributed by atoms with van der Waals surface area (Å²) < 4.78 is 83.4. The van der Waals surface area contributed by atoms with Gasteiger partial charge in [-0.1, -0.05) is 15.9 Å². The van der Waals surface area contributed by atoms with E-state index < -0.39 is 47.3 Å². The van der Waals surface area contributed by atoms with Crippen LogP contribution in [0.25, 0.3) is 0 Å². The van der Waals surface area contributed by atoms with Crippen LogP contribution in [0.2, 0.25) is 0 Å². The number of nitrogens with zero attached hydrogens (tertiary/aromatic N) is 1. The molecule has 22 heavy (non-hydrogen) atoms. The maximum absolute atomic E-state index is 13.0. The van der Waals surface area contributed by atoms with Gasteiger partial charge < -0.3 is 9.47 Å². The van der Waals surface area contributed by atoms with E-state index in [-0.39, 0.29) is 5.56 Å². The van der Waals surface area contributed by atoms with Crippen molar-refractivity contribution in [3.63, 3.8) is 0 Å². The van der Waals surface area contributed by atoms with Gasteiger partial charge in [0.1, 0.15) is 5.56 Å². The van der Waals surface area contributed by atoms with Crippen molar-refractivity contribution in [2.75, 3.05) is 7.11 Å². The zero-order chi connectivity index (χ0) is 17.1. The normalized spacial score (nSPS) is 12.2. The average Bonchev–Trinajstić information content (AvgIpc) is 2.36. The third-order valence-corrected chi connectivity index (χ3v) is 2.99. The van der Waals surface area contributed by atoms with E-state index in [0.29, 0.717) is 6.20 Å². The Balaban J connectivity index is 3.47. The fourth-order valence-electron chi connectivity index (χ4n) is 1.58. The molecule has 1 aromatic heterocycles. The number of hydrogen-bond donors (Lipinski definition) is 0. The monoisotopic (exact) mass is 395 g/mol. The maximum atomic E-state index is 13.0. The van der Waals surface area contributed by atoms with Gasteiger partial charge in [-0.3, -0.25) is 4.79 Å². The van der Waals surface area contributed by atoms with Gasteiger partial charge in [0.25, 0.3) is 0 Å². The molecular formula is C11H8BrF6NO3. The zero-order valence-electron chi connectivity index (χ0n) is 10.8. The highest BCUT2D eigenvalue weighted by Crippen LogP contribution is 2.41. The molecule has 0 aliphatic carbocycles. The summed E-state index contributed by atoms with van der Waals surface area (Å²) in [4.78, 5) is 14.2.